The highest BCUT2D eigenvalue weighted by molar-refractivity contribution is 7.96. The molecule has 0 aliphatic heterocycles. The summed E-state index contributed by atoms with van der Waals surface area (Å²) >= 11 is 0. The third kappa shape index (κ3) is 6.31. The Morgan fingerprint density at radius 3 is 1.03 bits per heavy atom. The van der Waals surface area contributed by atoms with Gasteiger partial charge in [0.15, 0.2) is 5.75 Å². The molecule has 0 saturated carbocycles. The van der Waals surface area contributed by atoms with E-state index in [1.165, 1.54) is 21.9 Å². The van der Waals surface area contributed by atoms with Crippen molar-refractivity contribution >= 4 is 44.7 Å². The Morgan fingerprint density at radius 1 is 0.486 bits per heavy atom. The first-order valence-electron chi connectivity index (χ1n) is 12.6. The molecule has 5 rings (SSSR count). The van der Waals surface area contributed by atoms with E-state index < -0.39 is 6.15 Å². The number of benzene rings is 5. The number of rotatable bonds is 7. The Balaban J connectivity index is 0.000000225. The Morgan fingerprint density at radius 2 is 0.757 bits per heavy atom. The predicted octanol–water partition coefficient (Wildman–Crippen LogP) is 4.81. The van der Waals surface area contributed by atoms with Gasteiger partial charge in [-0.3, -0.25) is 4.79 Å². The summed E-state index contributed by atoms with van der Waals surface area (Å²) in [5, 5.41) is 0. The number of hydrogen-bond donors (Lipinski definition) is 0. The van der Waals surface area contributed by atoms with Crippen molar-refractivity contribution < 1.29 is 4.79 Å². The molecule has 5 aromatic rings. The predicted molar refractivity (Wildman–Crippen MR) is 165 cm³/mol. The van der Waals surface area contributed by atoms with Crippen LogP contribution in [-0.2, 0) is 10.9 Å². The van der Waals surface area contributed by atoms with Gasteiger partial charge < -0.3 is 0 Å². The maximum atomic E-state index is 11.5. The van der Waals surface area contributed by atoms with Crippen molar-refractivity contribution in [2.75, 3.05) is 18.3 Å². The molecular weight excluding hydrogens is 467 g/mol. The van der Waals surface area contributed by atoms with Gasteiger partial charge in [0.25, 0.3) is 0 Å². The van der Waals surface area contributed by atoms with Gasteiger partial charge in [-0.1, -0.05) is 152 Å². The van der Waals surface area contributed by atoms with Gasteiger partial charge in [-0.05, 0) is 10.9 Å². The van der Waals surface area contributed by atoms with Crippen LogP contribution in [0.2, 0.25) is 0 Å². The van der Waals surface area contributed by atoms with Crippen molar-refractivity contribution in [3.05, 3.63) is 157 Å². The lowest BCUT2D eigenvalue weighted by atomic mass is 9.13. The summed E-state index contributed by atoms with van der Waals surface area (Å²) in [7, 11) is 0.204. The van der Waals surface area contributed by atoms with Crippen LogP contribution in [0.15, 0.2) is 152 Å². The molecule has 0 amide bonds. The van der Waals surface area contributed by atoms with Crippen molar-refractivity contribution in [1.29, 1.82) is 0 Å². The molecule has 0 unspecified atom stereocenters. The van der Waals surface area contributed by atoms with Gasteiger partial charge in [0.05, 0.1) is 12.5 Å². The maximum absolute atomic E-state index is 11.5. The van der Waals surface area contributed by atoms with Gasteiger partial charge in [-0.25, -0.2) is 0 Å². The third-order valence-electron chi connectivity index (χ3n) is 6.71. The largest absolute Gasteiger partial charge is 0.289 e. The Labute approximate surface area is 224 Å². The van der Waals surface area contributed by atoms with Crippen LogP contribution in [0.1, 0.15) is 10.4 Å². The highest BCUT2D eigenvalue weighted by Gasteiger charge is 2.31. The number of carbonyl (C=O) groups excluding carboxylic acids is 1. The van der Waals surface area contributed by atoms with Gasteiger partial charge in [0.2, 0.25) is 5.78 Å². The molecule has 0 spiro atoms. The molecule has 0 aliphatic carbocycles. The second-order valence-electron chi connectivity index (χ2n) is 9.43. The van der Waals surface area contributed by atoms with Gasteiger partial charge in [-0.15, -0.1) is 0 Å². The summed E-state index contributed by atoms with van der Waals surface area (Å²) in [5.41, 5.74) is 6.19. The molecule has 0 fully saturated rings. The number of Topliss-reactive ketones (excluding diaryl/α,β-unsaturated/α-hetero) is 1. The number of carbonyl (C=O) groups is 1. The molecular formula is C34H33BOS. The van der Waals surface area contributed by atoms with Crippen molar-refractivity contribution in [3.63, 3.8) is 0 Å². The van der Waals surface area contributed by atoms with E-state index in [9.17, 15) is 4.79 Å². The highest BCUT2D eigenvalue weighted by Crippen LogP contribution is 2.09. The van der Waals surface area contributed by atoms with Crippen LogP contribution < -0.4 is 21.9 Å². The van der Waals surface area contributed by atoms with Crippen LogP contribution in [-0.4, -0.2) is 30.2 Å². The molecule has 3 heteroatoms. The Kier molecular flexibility index (Phi) is 9.18. The SMILES string of the molecule is C[S+](C)CC(=O)c1ccccc1.c1ccc([B-](c2ccccc2)(c2ccccc2)c2ccccc2)cc1. The lowest BCUT2D eigenvalue weighted by molar-refractivity contribution is 0.102. The van der Waals surface area contributed by atoms with Gasteiger partial charge >= 0.3 is 0 Å². The summed E-state index contributed by atoms with van der Waals surface area (Å²) < 4.78 is 0. The molecule has 0 heterocycles. The van der Waals surface area contributed by atoms with E-state index in [1.54, 1.807) is 0 Å². The van der Waals surface area contributed by atoms with Crippen molar-refractivity contribution in [3.8, 4) is 0 Å². The van der Waals surface area contributed by atoms with Crippen LogP contribution >= 0.6 is 0 Å². The van der Waals surface area contributed by atoms with Crippen LogP contribution in [0.5, 0.6) is 0 Å². The fraction of sp³-hybridized carbons (Fsp3) is 0.0882. The minimum absolute atomic E-state index is 0.204. The van der Waals surface area contributed by atoms with Gasteiger partial charge in [0.1, 0.15) is 6.15 Å². The molecule has 0 aromatic heterocycles. The van der Waals surface area contributed by atoms with Crippen LogP contribution in [0.25, 0.3) is 0 Å². The van der Waals surface area contributed by atoms with E-state index in [2.05, 4.69) is 134 Å². The summed E-state index contributed by atoms with van der Waals surface area (Å²) in [6.07, 6.45) is 2.95. The second kappa shape index (κ2) is 12.9. The zero-order chi connectivity index (χ0) is 25.9. The van der Waals surface area contributed by atoms with Crippen molar-refractivity contribution in [2.45, 2.75) is 0 Å². The third-order valence-corrected chi connectivity index (χ3v) is 7.55. The zero-order valence-electron chi connectivity index (χ0n) is 21.5. The molecule has 37 heavy (non-hydrogen) atoms. The lowest BCUT2D eigenvalue weighted by Crippen LogP contribution is -2.74. The van der Waals surface area contributed by atoms with Crippen LogP contribution in [0, 0.1) is 0 Å². The quantitative estimate of drug-likeness (QED) is 0.178. The molecule has 0 aliphatic rings. The lowest BCUT2D eigenvalue weighted by Gasteiger charge is -2.44. The molecule has 0 atom stereocenters. The number of ketones is 1. The van der Waals surface area contributed by atoms with E-state index in [0.717, 1.165) is 5.56 Å². The molecule has 184 valence electrons. The zero-order valence-corrected chi connectivity index (χ0v) is 22.4. The fourth-order valence-electron chi connectivity index (χ4n) is 5.09. The van der Waals surface area contributed by atoms with E-state index in [0.29, 0.717) is 5.75 Å². The minimum Gasteiger partial charge on any atom is -0.289 e. The minimum atomic E-state index is -1.22. The average Bonchev–Trinajstić information content (AvgIpc) is 2.96. The monoisotopic (exact) mass is 500 g/mol. The average molecular weight is 501 g/mol. The highest BCUT2D eigenvalue weighted by atomic mass is 32.2. The van der Waals surface area contributed by atoms with E-state index in [1.807, 2.05) is 30.3 Å². The summed E-state index contributed by atoms with van der Waals surface area (Å²) in [6, 6.07) is 53.0. The van der Waals surface area contributed by atoms with Crippen LogP contribution in [0.3, 0.4) is 0 Å². The summed E-state index contributed by atoms with van der Waals surface area (Å²) in [5.74, 6) is 0.924. The number of hydrogen-bond acceptors (Lipinski definition) is 1. The van der Waals surface area contributed by atoms with Gasteiger partial charge in [-0.2, -0.15) is 21.9 Å². The molecule has 0 saturated heterocycles. The summed E-state index contributed by atoms with van der Waals surface area (Å²) in [4.78, 5) is 11.5. The molecule has 5 aromatic carbocycles. The molecule has 0 bridgehead atoms. The maximum Gasteiger partial charge on any atom is 0.211 e. The van der Waals surface area contributed by atoms with Crippen molar-refractivity contribution in [1.82, 2.24) is 0 Å². The summed E-state index contributed by atoms with van der Waals surface area (Å²) in [6.45, 7) is 0. The normalized spacial score (nSPS) is 10.9. The first-order chi connectivity index (χ1) is 18.1. The second-order valence-corrected chi connectivity index (χ2v) is 11.7. The smallest absolute Gasteiger partial charge is 0.211 e. The molecule has 0 radical (unpaired) electrons. The Bertz CT molecular complexity index is 1190. The van der Waals surface area contributed by atoms with Crippen molar-refractivity contribution in [2.24, 2.45) is 0 Å². The fourth-order valence-corrected chi connectivity index (χ4v) is 5.78. The molecule has 0 N–H and O–H groups in total. The van der Waals surface area contributed by atoms with E-state index in [4.69, 9.17) is 0 Å². The Hall–Kier alpha value is -3.82. The molecule has 1 nitrogen and oxygen atoms in total. The van der Waals surface area contributed by atoms with Gasteiger partial charge in [0, 0.05) is 5.56 Å². The van der Waals surface area contributed by atoms with E-state index >= 15 is 0 Å². The first-order valence-corrected chi connectivity index (χ1v) is 14.8. The first kappa shape index (κ1) is 26.3. The van der Waals surface area contributed by atoms with E-state index in [-0.39, 0.29) is 16.7 Å². The topological polar surface area (TPSA) is 17.1 Å². The standard InChI is InChI=1S/C24H20B.C10H13OS/c1-5-13-21(14-6-1)25(22-15-7-2-8-16-22,23-17-9-3-10-18-23)24-19-11-4-12-20-24;1-12(2)8-10(11)9-6-4-3-5-7-9/h1-20H;3-7H,8H2,1-2H3/q-1;+1. The van der Waals surface area contributed by atoms with Crippen LogP contribution in [0.4, 0.5) is 0 Å².